The van der Waals surface area contributed by atoms with Gasteiger partial charge in [0.05, 0.1) is 13.1 Å². The molecule has 0 spiro atoms. The number of rotatable bonds is 4. The van der Waals surface area contributed by atoms with E-state index < -0.39 is 0 Å². The summed E-state index contributed by atoms with van der Waals surface area (Å²) in [5, 5.41) is 3.08. The third-order valence-corrected chi connectivity index (χ3v) is 5.24. The van der Waals surface area contributed by atoms with Gasteiger partial charge in [0.25, 0.3) is 0 Å². The number of hydrogen-bond donors (Lipinski definition) is 1. The van der Waals surface area contributed by atoms with Gasteiger partial charge in [0.1, 0.15) is 11.9 Å². The molecule has 0 saturated carbocycles. The van der Waals surface area contributed by atoms with E-state index in [1.54, 1.807) is 0 Å². The molecular formula is C19H29N3O2. The molecule has 1 aromatic rings. The second-order valence-electron chi connectivity index (χ2n) is 7.18. The number of likely N-dealkylation sites (N-methyl/N-ethyl adjacent to an activating group) is 1. The molecule has 2 fully saturated rings. The average Bonchev–Trinajstić information content (AvgIpc) is 2.51. The Morgan fingerprint density at radius 1 is 1.25 bits per heavy atom. The first-order valence-corrected chi connectivity index (χ1v) is 9.00. The van der Waals surface area contributed by atoms with Crippen molar-refractivity contribution in [1.82, 2.24) is 15.1 Å². The first kappa shape index (κ1) is 17.1. The highest BCUT2D eigenvalue weighted by Crippen LogP contribution is 2.26. The van der Waals surface area contributed by atoms with Gasteiger partial charge in [-0.2, -0.15) is 0 Å². The summed E-state index contributed by atoms with van der Waals surface area (Å²) >= 11 is 0. The van der Waals surface area contributed by atoms with Gasteiger partial charge < -0.3 is 19.9 Å². The van der Waals surface area contributed by atoms with E-state index in [9.17, 15) is 4.79 Å². The number of benzene rings is 1. The van der Waals surface area contributed by atoms with Gasteiger partial charge >= 0.3 is 6.03 Å². The molecular weight excluding hydrogens is 302 g/mol. The highest BCUT2D eigenvalue weighted by molar-refractivity contribution is 5.75. The number of nitrogens with zero attached hydrogens (tertiary/aromatic N) is 2. The Labute approximate surface area is 145 Å². The van der Waals surface area contributed by atoms with Crippen molar-refractivity contribution in [3.05, 3.63) is 29.3 Å². The summed E-state index contributed by atoms with van der Waals surface area (Å²) in [4.78, 5) is 16.4. The van der Waals surface area contributed by atoms with E-state index in [1.807, 2.05) is 11.0 Å². The fraction of sp³-hybridized carbons (Fsp3) is 0.632. The van der Waals surface area contributed by atoms with Crippen LogP contribution in [0, 0.1) is 13.8 Å². The van der Waals surface area contributed by atoms with E-state index in [4.69, 9.17) is 4.74 Å². The van der Waals surface area contributed by atoms with Crippen molar-refractivity contribution in [1.29, 1.82) is 0 Å². The molecule has 24 heavy (non-hydrogen) atoms. The number of ether oxygens (including phenoxy) is 1. The molecule has 0 unspecified atom stereocenters. The molecule has 2 aliphatic heterocycles. The van der Waals surface area contributed by atoms with Crippen molar-refractivity contribution >= 4 is 6.03 Å². The topological polar surface area (TPSA) is 44.8 Å². The van der Waals surface area contributed by atoms with Gasteiger partial charge in [-0.15, -0.1) is 0 Å². The van der Waals surface area contributed by atoms with Crippen molar-refractivity contribution in [3.63, 3.8) is 0 Å². The Kier molecular flexibility index (Phi) is 5.29. The highest BCUT2D eigenvalue weighted by atomic mass is 16.5. The molecule has 2 amide bonds. The van der Waals surface area contributed by atoms with Gasteiger partial charge in [-0.25, -0.2) is 4.79 Å². The van der Waals surface area contributed by atoms with Gasteiger partial charge in [0.2, 0.25) is 0 Å². The SMILES string of the molecule is Cc1cccc(C)c1OC1CN(C(=O)NC[C@H]2CCCCN2C)C1. The zero-order valence-electron chi connectivity index (χ0n) is 15.0. The molecule has 0 aromatic heterocycles. The number of likely N-dealkylation sites (tertiary alicyclic amines) is 2. The molecule has 1 aromatic carbocycles. The predicted molar refractivity (Wildman–Crippen MR) is 95.6 cm³/mol. The van der Waals surface area contributed by atoms with Gasteiger partial charge in [-0.3, -0.25) is 0 Å². The highest BCUT2D eigenvalue weighted by Gasteiger charge is 2.33. The summed E-state index contributed by atoms with van der Waals surface area (Å²) in [5.41, 5.74) is 2.30. The Hall–Kier alpha value is -1.75. The molecule has 5 nitrogen and oxygen atoms in total. The standard InChI is InChI=1S/C19H29N3O2/c1-14-7-6-8-15(2)18(14)24-17-12-22(13-17)19(23)20-11-16-9-4-5-10-21(16)3/h6-8,16-17H,4-5,9-13H2,1-3H3,(H,20,23)/t16-/m1/s1. The van der Waals surface area contributed by atoms with Crippen LogP contribution in [0.2, 0.25) is 0 Å². The molecule has 2 saturated heterocycles. The molecule has 1 N–H and O–H groups in total. The molecule has 2 aliphatic rings. The van der Waals surface area contributed by atoms with Crippen LogP contribution in [-0.4, -0.2) is 61.2 Å². The number of piperidine rings is 1. The smallest absolute Gasteiger partial charge is 0.317 e. The third-order valence-electron chi connectivity index (χ3n) is 5.24. The van der Waals surface area contributed by atoms with E-state index in [2.05, 4.69) is 43.2 Å². The molecule has 0 aliphatic carbocycles. The van der Waals surface area contributed by atoms with Crippen LogP contribution in [0.15, 0.2) is 18.2 Å². The van der Waals surface area contributed by atoms with Crippen LogP contribution in [0.4, 0.5) is 4.79 Å². The minimum Gasteiger partial charge on any atom is -0.486 e. The molecule has 1 atom stereocenters. The van der Waals surface area contributed by atoms with Crippen LogP contribution in [-0.2, 0) is 0 Å². The van der Waals surface area contributed by atoms with Crippen molar-refractivity contribution in [3.8, 4) is 5.75 Å². The Balaban J connectivity index is 1.42. The summed E-state index contributed by atoms with van der Waals surface area (Å²) in [6, 6.07) is 6.68. The number of urea groups is 1. The van der Waals surface area contributed by atoms with E-state index in [0.29, 0.717) is 19.1 Å². The Morgan fingerprint density at radius 3 is 2.62 bits per heavy atom. The number of para-hydroxylation sites is 1. The van der Waals surface area contributed by atoms with Crippen molar-refractivity contribution in [2.24, 2.45) is 0 Å². The number of amides is 2. The van der Waals surface area contributed by atoms with Crippen LogP contribution in [0.1, 0.15) is 30.4 Å². The maximum Gasteiger partial charge on any atom is 0.317 e. The quantitative estimate of drug-likeness (QED) is 0.922. The molecule has 0 bridgehead atoms. The number of carbonyl (C=O) groups is 1. The lowest BCUT2D eigenvalue weighted by Gasteiger charge is -2.40. The van der Waals surface area contributed by atoms with Crippen molar-refractivity contribution in [2.45, 2.75) is 45.3 Å². The number of aryl methyl sites for hydroxylation is 2. The monoisotopic (exact) mass is 331 g/mol. The molecule has 132 valence electrons. The van der Waals surface area contributed by atoms with E-state index in [-0.39, 0.29) is 12.1 Å². The average molecular weight is 331 g/mol. The van der Waals surface area contributed by atoms with E-state index in [0.717, 1.165) is 30.0 Å². The third kappa shape index (κ3) is 3.83. The van der Waals surface area contributed by atoms with E-state index >= 15 is 0 Å². The van der Waals surface area contributed by atoms with Gasteiger partial charge in [0.15, 0.2) is 0 Å². The minimum absolute atomic E-state index is 0.0373. The summed E-state index contributed by atoms with van der Waals surface area (Å²) in [6.45, 7) is 7.34. The summed E-state index contributed by atoms with van der Waals surface area (Å²) in [7, 11) is 2.15. The predicted octanol–water partition coefficient (Wildman–Crippen LogP) is 2.56. The number of nitrogens with one attached hydrogen (secondary N) is 1. The first-order valence-electron chi connectivity index (χ1n) is 9.00. The zero-order chi connectivity index (χ0) is 17.1. The molecule has 0 radical (unpaired) electrons. The van der Waals surface area contributed by atoms with Crippen LogP contribution in [0.25, 0.3) is 0 Å². The lowest BCUT2D eigenvalue weighted by Crippen LogP contribution is -2.60. The maximum absolute atomic E-state index is 12.2. The maximum atomic E-state index is 12.2. The van der Waals surface area contributed by atoms with Gasteiger partial charge in [-0.1, -0.05) is 24.6 Å². The van der Waals surface area contributed by atoms with E-state index in [1.165, 1.54) is 19.3 Å². The van der Waals surface area contributed by atoms with Crippen LogP contribution in [0.3, 0.4) is 0 Å². The number of hydrogen-bond acceptors (Lipinski definition) is 3. The normalized spacial score (nSPS) is 22.1. The molecule has 3 rings (SSSR count). The zero-order valence-corrected chi connectivity index (χ0v) is 15.0. The van der Waals surface area contributed by atoms with Crippen LogP contribution in [0.5, 0.6) is 5.75 Å². The van der Waals surface area contributed by atoms with Crippen LogP contribution >= 0.6 is 0 Å². The molecule has 5 heteroatoms. The van der Waals surface area contributed by atoms with Crippen molar-refractivity contribution in [2.75, 3.05) is 33.2 Å². The fourth-order valence-corrected chi connectivity index (χ4v) is 3.55. The minimum atomic E-state index is 0.0373. The van der Waals surface area contributed by atoms with Gasteiger partial charge in [0, 0.05) is 12.6 Å². The number of carbonyl (C=O) groups excluding carboxylic acids is 1. The van der Waals surface area contributed by atoms with Crippen LogP contribution < -0.4 is 10.1 Å². The lowest BCUT2D eigenvalue weighted by atomic mass is 10.0. The first-order chi connectivity index (χ1) is 11.5. The summed E-state index contributed by atoms with van der Waals surface area (Å²) in [6.07, 6.45) is 3.81. The summed E-state index contributed by atoms with van der Waals surface area (Å²) in [5.74, 6) is 0.964. The fourth-order valence-electron chi connectivity index (χ4n) is 3.55. The Bertz CT molecular complexity index is 564. The van der Waals surface area contributed by atoms with Crippen molar-refractivity contribution < 1.29 is 9.53 Å². The lowest BCUT2D eigenvalue weighted by molar-refractivity contribution is 0.0426. The van der Waals surface area contributed by atoms with Gasteiger partial charge in [-0.05, 0) is 51.4 Å². The summed E-state index contributed by atoms with van der Waals surface area (Å²) < 4.78 is 6.07. The largest absolute Gasteiger partial charge is 0.486 e. The molecule has 2 heterocycles. The Morgan fingerprint density at radius 2 is 1.96 bits per heavy atom. The second-order valence-corrected chi connectivity index (χ2v) is 7.18. The second kappa shape index (κ2) is 7.43.